The summed E-state index contributed by atoms with van der Waals surface area (Å²) in [5, 5.41) is 9.64. The van der Waals surface area contributed by atoms with E-state index in [0.717, 1.165) is 12.8 Å². The largest absolute Gasteiger partial charge is 0.514 e. The molecule has 0 aromatic heterocycles. The van der Waals surface area contributed by atoms with Crippen LogP contribution in [0.4, 0.5) is 14.4 Å². The third kappa shape index (κ3) is 12.5. The van der Waals surface area contributed by atoms with Gasteiger partial charge in [-0.3, -0.25) is 4.79 Å². The highest BCUT2D eigenvalue weighted by Gasteiger charge is 2.30. The monoisotopic (exact) mass is 569 g/mol. The Balaban J connectivity index is 3.31. The number of rotatable bonds is 16. The number of hydrogen-bond donors (Lipinski definition) is 2. The van der Waals surface area contributed by atoms with E-state index >= 15 is 0 Å². The van der Waals surface area contributed by atoms with E-state index in [1.807, 2.05) is 20.8 Å². The van der Waals surface area contributed by atoms with Crippen molar-refractivity contribution in [2.45, 2.75) is 110 Å². The van der Waals surface area contributed by atoms with Gasteiger partial charge in [0.1, 0.15) is 24.4 Å². The maximum Gasteiger partial charge on any atom is 0.514 e. The predicted molar refractivity (Wildman–Crippen MR) is 145 cm³/mol. The van der Waals surface area contributed by atoms with Gasteiger partial charge in [0.15, 0.2) is 11.5 Å². The number of carboxylic acid groups (broad SMARTS) is 1. The standard InChI is InChI=1S/C28H43NO11/c1-7-10-17(4)36-27(33)39-22-13-12-20(16-23(22)40-28(34)37-18(5)11-8-2)21(24(29)25(30)31)15-19(6)38-26(32)35-14-9-3/h12-13,16-19,21,24H,7-11,14-15,29H2,1-6H3,(H,30,31)/t17?,18?,19?,21?,24-/m0/s1. The molecule has 0 saturated heterocycles. The SMILES string of the molecule is CCCOC(=O)OC(C)CC(c1ccc(OC(=O)OC(C)CCC)c(OC(=O)OC(C)CCC)c1)[C@H](N)C(=O)O. The number of carboxylic acids is 1. The number of benzene rings is 1. The van der Waals surface area contributed by atoms with Crippen molar-refractivity contribution in [1.29, 1.82) is 0 Å². The maximum absolute atomic E-state index is 12.5. The van der Waals surface area contributed by atoms with E-state index in [0.29, 0.717) is 24.8 Å². The molecule has 0 saturated carbocycles. The molecule has 12 heteroatoms. The van der Waals surface area contributed by atoms with Gasteiger partial charge in [0.05, 0.1) is 6.61 Å². The van der Waals surface area contributed by atoms with Crippen LogP contribution in [-0.2, 0) is 23.7 Å². The lowest BCUT2D eigenvalue weighted by Crippen LogP contribution is -2.38. The highest BCUT2D eigenvalue weighted by molar-refractivity contribution is 5.75. The first-order valence-electron chi connectivity index (χ1n) is 13.6. The molecule has 40 heavy (non-hydrogen) atoms. The van der Waals surface area contributed by atoms with Gasteiger partial charge < -0.3 is 39.3 Å². The lowest BCUT2D eigenvalue weighted by molar-refractivity contribution is -0.139. The van der Waals surface area contributed by atoms with Crippen LogP contribution in [0, 0.1) is 0 Å². The molecule has 0 spiro atoms. The average molecular weight is 570 g/mol. The predicted octanol–water partition coefficient (Wildman–Crippen LogP) is 5.93. The Labute approximate surface area is 235 Å². The second-order valence-electron chi connectivity index (χ2n) is 9.58. The molecule has 4 unspecified atom stereocenters. The molecular formula is C28H43NO11. The summed E-state index contributed by atoms with van der Waals surface area (Å²) in [7, 11) is 0. The van der Waals surface area contributed by atoms with Crippen molar-refractivity contribution < 1.29 is 52.7 Å². The molecule has 0 aliphatic rings. The molecule has 3 N–H and O–H groups in total. The fourth-order valence-corrected chi connectivity index (χ4v) is 3.86. The molecule has 12 nitrogen and oxygen atoms in total. The quantitative estimate of drug-likeness (QED) is 0.137. The van der Waals surface area contributed by atoms with Crippen LogP contribution in [0.1, 0.15) is 91.5 Å². The molecule has 5 atom stereocenters. The molecule has 1 aromatic carbocycles. The molecule has 0 fully saturated rings. The molecule has 0 bridgehead atoms. The van der Waals surface area contributed by atoms with Crippen molar-refractivity contribution in [2.75, 3.05) is 6.61 Å². The van der Waals surface area contributed by atoms with Crippen LogP contribution in [0.25, 0.3) is 0 Å². The molecule has 0 aliphatic heterocycles. The van der Waals surface area contributed by atoms with Gasteiger partial charge in [0.25, 0.3) is 0 Å². The molecule has 1 rings (SSSR count). The summed E-state index contributed by atoms with van der Waals surface area (Å²) in [6, 6.07) is 2.74. The van der Waals surface area contributed by atoms with Gasteiger partial charge in [0.2, 0.25) is 0 Å². The number of nitrogens with two attached hydrogens (primary N) is 1. The molecular weight excluding hydrogens is 526 g/mol. The Hall–Kier alpha value is -3.54. The minimum Gasteiger partial charge on any atom is -0.480 e. The first kappa shape index (κ1) is 34.5. The minimum atomic E-state index is -1.41. The third-order valence-corrected chi connectivity index (χ3v) is 5.79. The highest BCUT2D eigenvalue weighted by atomic mass is 16.8. The highest BCUT2D eigenvalue weighted by Crippen LogP contribution is 2.35. The van der Waals surface area contributed by atoms with Crippen LogP contribution < -0.4 is 15.2 Å². The first-order chi connectivity index (χ1) is 18.9. The van der Waals surface area contributed by atoms with E-state index in [1.165, 1.54) is 18.2 Å². The fraction of sp³-hybridized carbons (Fsp3) is 0.643. The van der Waals surface area contributed by atoms with Crippen LogP contribution in [-0.4, -0.2) is 60.5 Å². The summed E-state index contributed by atoms with van der Waals surface area (Å²) in [4.78, 5) is 48.6. The molecule has 226 valence electrons. The Bertz CT molecular complexity index is 968. The third-order valence-electron chi connectivity index (χ3n) is 5.79. The van der Waals surface area contributed by atoms with E-state index in [4.69, 9.17) is 34.2 Å². The minimum absolute atomic E-state index is 0.00287. The normalized spacial score (nSPS) is 14.6. The van der Waals surface area contributed by atoms with Gasteiger partial charge in [-0.15, -0.1) is 0 Å². The second-order valence-corrected chi connectivity index (χ2v) is 9.58. The molecule has 0 aliphatic carbocycles. The van der Waals surface area contributed by atoms with Crippen molar-refractivity contribution >= 4 is 24.4 Å². The number of carbonyl (C=O) groups excluding carboxylic acids is 3. The number of carbonyl (C=O) groups is 4. The molecule has 1 aromatic rings. The first-order valence-corrected chi connectivity index (χ1v) is 13.6. The molecule has 0 radical (unpaired) electrons. The Morgan fingerprint density at radius 1 is 0.775 bits per heavy atom. The van der Waals surface area contributed by atoms with Gasteiger partial charge in [0, 0.05) is 5.92 Å². The fourth-order valence-electron chi connectivity index (χ4n) is 3.86. The number of ether oxygens (including phenoxy) is 6. The van der Waals surface area contributed by atoms with Crippen molar-refractivity contribution in [3.05, 3.63) is 23.8 Å². The zero-order valence-corrected chi connectivity index (χ0v) is 24.2. The van der Waals surface area contributed by atoms with Crippen molar-refractivity contribution in [3.8, 4) is 11.5 Å². The summed E-state index contributed by atoms with van der Waals surface area (Å²) >= 11 is 0. The van der Waals surface area contributed by atoms with Gasteiger partial charge in [-0.25, -0.2) is 14.4 Å². The topological polar surface area (TPSA) is 170 Å². The summed E-state index contributed by atoms with van der Waals surface area (Å²) in [5.41, 5.74) is 6.33. The van der Waals surface area contributed by atoms with Crippen molar-refractivity contribution in [2.24, 2.45) is 5.73 Å². The number of hydrogen-bond acceptors (Lipinski definition) is 11. The van der Waals surface area contributed by atoms with Crippen molar-refractivity contribution in [1.82, 2.24) is 0 Å². The maximum atomic E-state index is 12.5. The summed E-state index contributed by atoms with van der Waals surface area (Å²) in [5.74, 6) is -2.54. The van der Waals surface area contributed by atoms with Crippen LogP contribution >= 0.6 is 0 Å². The zero-order valence-electron chi connectivity index (χ0n) is 24.2. The average Bonchev–Trinajstić information content (AvgIpc) is 2.86. The Morgan fingerprint density at radius 2 is 1.30 bits per heavy atom. The Kier molecular flexibility index (Phi) is 15.5. The van der Waals surface area contributed by atoms with Crippen LogP contribution in [0.2, 0.25) is 0 Å². The zero-order chi connectivity index (χ0) is 30.2. The van der Waals surface area contributed by atoms with Crippen LogP contribution in [0.3, 0.4) is 0 Å². The molecule has 0 amide bonds. The number of aliphatic carboxylic acids is 1. The van der Waals surface area contributed by atoms with Crippen LogP contribution in [0.5, 0.6) is 11.5 Å². The Morgan fingerprint density at radius 3 is 1.80 bits per heavy atom. The summed E-state index contributed by atoms with van der Waals surface area (Å²) < 4.78 is 31.3. The smallest absolute Gasteiger partial charge is 0.480 e. The van der Waals surface area contributed by atoms with E-state index in [9.17, 15) is 24.3 Å². The van der Waals surface area contributed by atoms with Gasteiger partial charge in [-0.2, -0.15) is 0 Å². The van der Waals surface area contributed by atoms with Crippen LogP contribution in [0.15, 0.2) is 18.2 Å². The van der Waals surface area contributed by atoms with E-state index in [-0.39, 0.29) is 24.5 Å². The van der Waals surface area contributed by atoms with Gasteiger partial charge in [-0.1, -0.05) is 39.7 Å². The van der Waals surface area contributed by atoms with E-state index in [2.05, 4.69) is 0 Å². The van der Waals surface area contributed by atoms with E-state index in [1.54, 1.807) is 20.8 Å². The second kappa shape index (κ2) is 17.9. The summed E-state index contributed by atoms with van der Waals surface area (Å²) in [6.07, 6.45) is -1.10. The summed E-state index contributed by atoms with van der Waals surface area (Å²) in [6.45, 7) is 10.9. The van der Waals surface area contributed by atoms with Gasteiger partial charge >= 0.3 is 24.4 Å². The van der Waals surface area contributed by atoms with Crippen molar-refractivity contribution in [3.63, 3.8) is 0 Å². The molecule has 0 heterocycles. The lowest BCUT2D eigenvalue weighted by atomic mass is 9.87. The van der Waals surface area contributed by atoms with Gasteiger partial charge in [-0.05, 0) is 64.2 Å². The van der Waals surface area contributed by atoms with E-state index < -0.39 is 54.7 Å². The lowest BCUT2D eigenvalue weighted by Gasteiger charge is -2.25.